The van der Waals surface area contributed by atoms with Crippen LogP contribution in [0.3, 0.4) is 0 Å². The second-order valence-corrected chi connectivity index (χ2v) is 12.7. The predicted octanol–water partition coefficient (Wildman–Crippen LogP) is 6.08. The van der Waals surface area contributed by atoms with E-state index < -0.39 is 41.1 Å². The van der Waals surface area contributed by atoms with E-state index in [1.165, 1.54) is 28.4 Å². The molecule has 0 radical (unpaired) electrons. The van der Waals surface area contributed by atoms with Crippen LogP contribution >= 0.6 is 23.5 Å². The fourth-order valence-corrected chi connectivity index (χ4v) is 6.54. The number of alkyl carbamates (subject to hydrolysis) is 1. The smallest absolute Gasteiger partial charge is 0.408 e. The minimum absolute atomic E-state index is 0.172. The first-order valence-corrected chi connectivity index (χ1v) is 15.4. The minimum Gasteiger partial charge on any atom is -0.448 e. The zero-order chi connectivity index (χ0) is 29.7. The van der Waals surface area contributed by atoms with Crippen LogP contribution < -0.4 is 5.32 Å². The summed E-state index contributed by atoms with van der Waals surface area (Å²) in [7, 11) is 0. The van der Waals surface area contributed by atoms with E-state index in [1.807, 2.05) is 84.3 Å². The van der Waals surface area contributed by atoms with Gasteiger partial charge in [-0.1, -0.05) is 72.4 Å². The van der Waals surface area contributed by atoms with Crippen LogP contribution in [0.15, 0.2) is 113 Å². The van der Waals surface area contributed by atoms with Crippen molar-refractivity contribution in [2.75, 3.05) is 5.75 Å². The van der Waals surface area contributed by atoms with E-state index in [1.54, 1.807) is 33.2 Å². The highest BCUT2D eigenvalue weighted by atomic mass is 32.2. The zero-order valence-corrected chi connectivity index (χ0v) is 25.1. The molecule has 0 saturated carbocycles. The summed E-state index contributed by atoms with van der Waals surface area (Å²) in [4.78, 5) is 46.4. The first-order chi connectivity index (χ1) is 20.2. The monoisotopic (exact) mass is 601 g/mol. The van der Waals surface area contributed by atoms with Gasteiger partial charge in [0.1, 0.15) is 22.7 Å². The number of benzene rings is 2. The highest BCUT2D eigenvalue weighted by Crippen LogP contribution is 2.42. The summed E-state index contributed by atoms with van der Waals surface area (Å²) in [5.41, 5.74) is 1.73. The van der Waals surface area contributed by atoms with Crippen molar-refractivity contribution >= 4 is 41.5 Å². The lowest BCUT2D eigenvalue weighted by Gasteiger charge is -2.49. The average Bonchev–Trinajstić information content (AvgIpc) is 2.98. The number of nitrogens with one attached hydrogen (secondary N) is 1. The molecule has 2 atom stereocenters. The molecule has 5 rings (SSSR count). The van der Waals surface area contributed by atoms with Crippen LogP contribution in [-0.2, 0) is 19.1 Å². The van der Waals surface area contributed by atoms with Gasteiger partial charge in [0.25, 0.3) is 5.91 Å². The highest BCUT2D eigenvalue weighted by Gasteiger charge is 2.54. The van der Waals surface area contributed by atoms with Gasteiger partial charge in [0, 0.05) is 23.0 Å². The summed E-state index contributed by atoms with van der Waals surface area (Å²) in [5.74, 6) is -0.573. The summed E-state index contributed by atoms with van der Waals surface area (Å²) in [6.07, 6.45) is 3.93. The maximum absolute atomic E-state index is 14.0. The van der Waals surface area contributed by atoms with E-state index >= 15 is 0 Å². The fraction of sp³-hybridized carbons (Fsp3) is 0.250. The Balaban J connectivity index is 1.44. The molecule has 3 heterocycles. The molecule has 8 nitrogen and oxygen atoms in total. The van der Waals surface area contributed by atoms with Gasteiger partial charge in [0.15, 0.2) is 6.10 Å². The average molecular weight is 602 g/mol. The predicted molar refractivity (Wildman–Crippen MR) is 163 cm³/mol. The van der Waals surface area contributed by atoms with Crippen molar-refractivity contribution in [1.82, 2.24) is 15.2 Å². The summed E-state index contributed by atoms with van der Waals surface area (Å²) in [5, 5.41) is 4.07. The lowest BCUT2D eigenvalue weighted by Crippen LogP contribution is -2.70. The molecule has 42 heavy (non-hydrogen) atoms. The van der Waals surface area contributed by atoms with Crippen molar-refractivity contribution in [3.63, 3.8) is 0 Å². The van der Waals surface area contributed by atoms with Crippen LogP contribution in [0.1, 0.15) is 38.0 Å². The molecular weight excluding hydrogens is 571 g/mol. The van der Waals surface area contributed by atoms with Gasteiger partial charge in [0.05, 0.1) is 0 Å². The number of ether oxygens (including phenoxy) is 2. The summed E-state index contributed by atoms with van der Waals surface area (Å²) < 4.78 is 11.5. The highest BCUT2D eigenvalue weighted by molar-refractivity contribution is 8.02. The third-order valence-corrected chi connectivity index (χ3v) is 8.49. The van der Waals surface area contributed by atoms with Crippen molar-refractivity contribution in [2.45, 2.75) is 48.8 Å². The molecule has 1 N–H and O–H groups in total. The molecule has 0 aliphatic carbocycles. The summed E-state index contributed by atoms with van der Waals surface area (Å²) >= 11 is 2.92. The number of thioether (sulfide) groups is 2. The van der Waals surface area contributed by atoms with E-state index in [-0.39, 0.29) is 5.70 Å². The lowest BCUT2D eigenvalue weighted by atomic mass is 10.0. The van der Waals surface area contributed by atoms with Crippen molar-refractivity contribution in [1.29, 1.82) is 0 Å². The van der Waals surface area contributed by atoms with E-state index in [2.05, 4.69) is 10.3 Å². The molecule has 10 heteroatoms. The molecule has 2 aliphatic rings. The van der Waals surface area contributed by atoms with Crippen LogP contribution in [0, 0.1) is 0 Å². The van der Waals surface area contributed by atoms with Crippen molar-refractivity contribution in [3.05, 3.63) is 119 Å². The number of aromatic nitrogens is 1. The van der Waals surface area contributed by atoms with Gasteiger partial charge in [-0.25, -0.2) is 9.59 Å². The number of amides is 2. The Kier molecular flexibility index (Phi) is 9.03. The quantitative estimate of drug-likeness (QED) is 0.188. The number of hydrogen-bond acceptors (Lipinski definition) is 8. The fourth-order valence-electron chi connectivity index (χ4n) is 4.55. The molecule has 0 unspecified atom stereocenters. The minimum atomic E-state index is -0.818. The topological polar surface area (TPSA) is 97.8 Å². The van der Waals surface area contributed by atoms with Gasteiger partial charge >= 0.3 is 12.1 Å². The number of carbonyl (C=O) groups is 3. The molecular formula is C32H31N3O5S2. The Morgan fingerprint density at radius 1 is 1.05 bits per heavy atom. The van der Waals surface area contributed by atoms with Gasteiger partial charge in [-0.05, 0) is 61.1 Å². The second kappa shape index (κ2) is 12.9. The third kappa shape index (κ3) is 6.88. The van der Waals surface area contributed by atoms with Gasteiger partial charge in [0.2, 0.25) is 0 Å². The van der Waals surface area contributed by atoms with Crippen LogP contribution in [0.4, 0.5) is 4.79 Å². The number of allylic oxidation sites excluding steroid dienone is 1. The molecule has 3 aromatic rings. The van der Waals surface area contributed by atoms with Crippen molar-refractivity contribution < 1.29 is 23.9 Å². The summed E-state index contributed by atoms with van der Waals surface area (Å²) in [6, 6.07) is 21.9. The zero-order valence-electron chi connectivity index (χ0n) is 23.4. The van der Waals surface area contributed by atoms with E-state index in [4.69, 9.17) is 9.47 Å². The third-order valence-electron chi connectivity index (χ3n) is 6.40. The Hall–Kier alpha value is -4.02. The maximum atomic E-state index is 14.0. The Bertz CT molecular complexity index is 1450. The SMILES string of the molecule is CC(C)(C)OC(=O)N[C@@H]1C(=O)N2C(C(=O)OC(c3ccccc3)c3ccccc3)=C(C=CSc3cccnc3)CS[C@@H]12. The van der Waals surface area contributed by atoms with E-state index in [0.717, 1.165) is 16.0 Å². The molecule has 1 fully saturated rings. The van der Waals surface area contributed by atoms with E-state index in [0.29, 0.717) is 11.3 Å². The largest absolute Gasteiger partial charge is 0.448 e. The molecule has 1 aromatic heterocycles. The first-order valence-electron chi connectivity index (χ1n) is 13.4. The van der Waals surface area contributed by atoms with Crippen LogP contribution in [0.2, 0.25) is 0 Å². The van der Waals surface area contributed by atoms with Crippen molar-refractivity contribution in [2.24, 2.45) is 0 Å². The molecule has 2 amide bonds. The number of esters is 1. The van der Waals surface area contributed by atoms with Gasteiger partial charge < -0.3 is 14.8 Å². The molecule has 0 bridgehead atoms. The standard InChI is InChI=1S/C32H31N3O5S2/c1-32(2,3)40-31(38)34-25-28(36)35-26(23(20-42-29(25)35)16-18-41-24-15-10-17-33-19-24)30(37)39-27(21-11-6-4-7-12-21)22-13-8-5-9-14-22/h4-19,25,27,29H,20H2,1-3H3,(H,34,38)/t25-,29+/m1/s1. The van der Waals surface area contributed by atoms with Gasteiger partial charge in [-0.3, -0.25) is 14.7 Å². The number of pyridine rings is 1. The maximum Gasteiger partial charge on any atom is 0.408 e. The lowest BCUT2D eigenvalue weighted by molar-refractivity contribution is -0.153. The Morgan fingerprint density at radius 2 is 1.71 bits per heavy atom. The number of nitrogens with zero attached hydrogens (tertiary/aromatic N) is 2. The number of carbonyl (C=O) groups excluding carboxylic acids is 3. The molecule has 216 valence electrons. The number of hydrogen-bond donors (Lipinski definition) is 1. The van der Waals surface area contributed by atoms with Gasteiger partial charge in [-0.2, -0.15) is 0 Å². The Morgan fingerprint density at radius 3 is 2.31 bits per heavy atom. The number of rotatable bonds is 8. The molecule has 0 spiro atoms. The molecule has 1 saturated heterocycles. The first kappa shape index (κ1) is 29.5. The molecule has 2 aliphatic heterocycles. The Labute approximate surface area is 253 Å². The molecule has 2 aromatic carbocycles. The van der Waals surface area contributed by atoms with Crippen LogP contribution in [0.25, 0.3) is 0 Å². The van der Waals surface area contributed by atoms with Crippen LogP contribution in [0.5, 0.6) is 0 Å². The number of β-lactam (4-membered cyclic amide) rings is 1. The second-order valence-electron chi connectivity index (χ2n) is 10.6. The van der Waals surface area contributed by atoms with E-state index in [9.17, 15) is 14.4 Å². The van der Waals surface area contributed by atoms with Crippen molar-refractivity contribution in [3.8, 4) is 0 Å². The van der Waals surface area contributed by atoms with Crippen LogP contribution in [-0.4, -0.2) is 50.6 Å². The summed E-state index contributed by atoms with van der Waals surface area (Å²) in [6.45, 7) is 5.27. The number of fused-ring (bicyclic) bond motifs is 1. The normalized spacial score (nSPS) is 18.5. The van der Waals surface area contributed by atoms with Gasteiger partial charge in [-0.15, -0.1) is 11.8 Å².